The third kappa shape index (κ3) is 3.16. The largest absolute Gasteiger partial charge is 0.481 e. The molecule has 1 N–H and O–H groups in total. The quantitative estimate of drug-likeness (QED) is 0.693. The van der Waals surface area contributed by atoms with Crippen LogP contribution < -0.4 is 10.1 Å². The molecule has 0 spiro atoms. The molecule has 1 amide bonds. The van der Waals surface area contributed by atoms with Crippen LogP contribution in [-0.4, -0.2) is 27.7 Å². The molecule has 1 aromatic carbocycles. The van der Waals surface area contributed by atoms with E-state index in [1.54, 1.807) is 0 Å². The Labute approximate surface area is 163 Å². The number of alkyl halides is 1. The lowest BCUT2D eigenvalue weighted by Gasteiger charge is -2.28. The monoisotopic (exact) mass is 383 g/mol. The van der Waals surface area contributed by atoms with Gasteiger partial charge in [-0.05, 0) is 32.3 Å². The van der Waals surface area contributed by atoms with Crippen molar-refractivity contribution >= 4 is 23.2 Å². The number of carbonyl (C=O) groups excluding carboxylic acids is 1. The number of halogens is 1. The Hall–Kier alpha value is -2.53. The highest BCUT2D eigenvalue weighted by molar-refractivity contribution is 6.18. The molecule has 1 atom stereocenters. The Morgan fingerprint density at radius 1 is 1.33 bits per heavy atom. The Morgan fingerprint density at radius 3 is 2.85 bits per heavy atom. The first-order valence-corrected chi connectivity index (χ1v) is 9.70. The lowest BCUT2D eigenvalue weighted by Crippen LogP contribution is -2.28. The van der Waals surface area contributed by atoms with E-state index in [1.165, 1.54) is 0 Å². The van der Waals surface area contributed by atoms with Gasteiger partial charge in [0.05, 0.1) is 11.3 Å². The van der Waals surface area contributed by atoms with E-state index in [-0.39, 0.29) is 12.0 Å². The molecular formula is C21H22ClN3O2. The number of aromatic nitrogens is 2. The second kappa shape index (κ2) is 7.24. The molecule has 140 valence electrons. The molecule has 0 saturated heterocycles. The summed E-state index contributed by atoms with van der Waals surface area (Å²) >= 11 is 5.73. The summed E-state index contributed by atoms with van der Waals surface area (Å²) in [4.78, 5) is 17.4. The average molecular weight is 384 g/mol. The van der Waals surface area contributed by atoms with E-state index in [1.807, 2.05) is 42.6 Å². The fourth-order valence-electron chi connectivity index (χ4n) is 3.61. The van der Waals surface area contributed by atoms with Gasteiger partial charge >= 0.3 is 0 Å². The number of aryl methyl sites for hydroxylation is 2. The minimum atomic E-state index is -0.124. The molecule has 1 aliphatic heterocycles. The molecule has 1 aliphatic rings. The number of nitrogens with one attached hydrogen (secondary N) is 1. The van der Waals surface area contributed by atoms with Gasteiger partial charge in [-0.15, -0.1) is 11.6 Å². The van der Waals surface area contributed by atoms with Gasteiger partial charge < -0.3 is 14.5 Å². The van der Waals surface area contributed by atoms with Gasteiger partial charge in [0.15, 0.2) is 11.4 Å². The van der Waals surface area contributed by atoms with E-state index in [0.717, 1.165) is 41.0 Å². The van der Waals surface area contributed by atoms with Crippen molar-refractivity contribution in [1.29, 1.82) is 0 Å². The smallest absolute Gasteiger partial charge is 0.253 e. The SMILES string of the molecule is Cc1nc2c3c(c(C(=O)NCCCl)cn2c1C)CCC(c1ccccc1)O3. The zero-order valence-electron chi connectivity index (χ0n) is 15.5. The van der Waals surface area contributed by atoms with Crippen LogP contribution in [0.1, 0.15) is 45.4 Å². The molecule has 4 rings (SSSR count). The van der Waals surface area contributed by atoms with Crippen LogP contribution in [0, 0.1) is 13.8 Å². The number of imidazole rings is 1. The number of hydrogen-bond acceptors (Lipinski definition) is 3. The van der Waals surface area contributed by atoms with Crippen molar-refractivity contribution in [2.45, 2.75) is 32.8 Å². The summed E-state index contributed by atoms with van der Waals surface area (Å²) in [5.41, 5.74) is 5.40. The Morgan fingerprint density at radius 2 is 2.11 bits per heavy atom. The lowest BCUT2D eigenvalue weighted by molar-refractivity contribution is 0.0951. The van der Waals surface area contributed by atoms with E-state index >= 15 is 0 Å². The molecule has 3 heterocycles. The molecule has 0 fully saturated rings. The van der Waals surface area contributed by atoms with Gasteiger partial charge in [0, 0.05) is 29.9 Å². The van der Waals surface area contributed by atoms with Crippen LogP contribution in [0.3, 0.4) is 0 Å². The average Bonchev–Trinajstić information content (AvgIpc) is 3.00. The van der Waals surface area contributed by atoms with E-state index in [0.29, 0.717) is 23.7 Å². The van der Waals surface area contributed by atoms with Crippen LogP contribution in [0.15, 0.2) is 36.5 Å². The maximum atomic E-state index is 12.7. The highest BCUT2D eigenvalue weighted by Gasteiger charge is 2.29. The number of fused-ring (bicyclic) bond motifs is 3. The molecule has 0 saturated carbocycles. The minimum Gasteiger partial charge on any atom is -0.481 e. The van der Waals surface area contributed by atoms with Crippen molar-refractivity contribution in [2.75, 3.05) is 12.4 Å². The second-order valence-corrected chi connectivity index (χ2v) is 7.21. The second-order valence-electron chi connectivity index (χ2n) is 6.83. The van der Waals surface area contributed by atoms with Crippen LogP contribution >= 0.6 is 11.6 Å². The molecule has 0 aliphatic carbocycles. The topological polar surface area (TPSA) is 55.6 Å². The van der Waals surface area contributed by atoms with E-state index in [9.17, 15) is 4.79 Å². The fourth-order valence-corrected chi connectivity index (χ4v) is 3.71. The minimum absolute atomic E-state index is 0.0408. The first-order chi connectivity index (χ1) is 13.1. The molecule has 0 bridgehead atoms. The predicted octanol–water partition coefficient (Wildman–Crippen LogP) is 3.99. The van der Waals surface area contributed by atoms with Crippen LogP contribution in [0.2, 0.25) is 0 Å². The molecular weight excluding hydrogens is 362 g/mol. The highest BCUT2D eigenvalue weighted by atomic mass is 35.5. The Balaban J connectivity index is 1.83. The third-order valence-corrected chi connectivity index (χ3v) is 5.35. The summed E-state index contributed by atoms with van der Waals surface area (Å²) in [6.07, 6.45) is 3.42. The van der Waals surface area contributed by atoms with Gasteiger partial charge in [0.1, 0.15) is 6.10 Å². The number of ether oxygens (including phenoxy) is 1. The lowest BCUT2D eigenvalue weighted by atomic mass is 9.95. The summed E-state index contributed by atoms with van der Waals surface area (Å²) in [6.45, 7) is 4.40. The summed E-state index contributed by atoms with van der Waals surface area (Å²) < 4.78 is 8.36. The number of hydrogen-bond donors (Lipinski definition) is 1. The van der Waals surface area contributed by atoms with E-state index in [2.05, 4.69) is 17.4 Å². The molecule has 1 unspecified atom stereocenters. The number of pyridine rings is 1. The van der Waals surface area contributed by atoms with Gasteiger partial charge in [-0.1, -0.05) is 30.3 Å². The zero-order chi connectivity index (χ0) is 19.0. The molecule has 27 heavy (non-hydrogen) atoms. The van der Waals surface area contributed by atoms with Crippen molar-refractivity contribution in [3.63, 3.8) is 0 Å². The summed E-state index contributed by atoms with van der Waals surface area (Å²) in [5.74, 6) is 0.970. The molecule has 5 nitrogen and oxygen atoms in total. The van der Waals surface area contributed by atoms with Crippen LogP contribution in [0.4, 0.5) is 0 Å². The standard InChI is InChI=1S/C21H22ClN3O2/c1-13-14(2)25-12-17(21(26)23-11-10-22)16-8-9-18(15-6-4-3-5-7-15)27-19(16)20(25)24-13/h3-7,12,18H,8-11H2,1-2H3,(H,23,26). The zero-order valence-corrected chi connectivity index (χ0v) is 16.2. The summed E-state index contributed by atoms with van der Waals surface area (Å²) in [7, 11) is 0. The predicted molar refractivity (Wildman–Crippen MR) is 106 cm³/mol. The molecule has 2 aromatic heterocycles. The van der Waals surface area contributed by atoms with Crippen molar-refractivity contribution in [2.24, 2.45) is 0 Å². The van der Waals surface area contributed by atoms with Gasteiger partial charge in [-0.3, -0.25) is 4.79 Å². The van der Waals surface area contributed by atoms with Crippen molar-refractivity contribution in [3.05, 3.63) is 64.6 Å². The Bertz CT molecular complexity index is 998. The highest BCUT2D eigenvalue weighted by Crippen LogP contribution is 2.39. The number of amides is 1. The van der Waals surface area contributed by atoms with Gasteiger partial charge in [-0.25, -0.2) is 4.98 Å². The molecule has 6 heteroatoms. The Kier molecular flexibility index (Phi) is 4.79. The van der Waals surface area contributed by atoms with Crippen molar-refractivity contribution in [3.8, 4) is 5.75 Å². The first-order valence-electron chi connectivity index (χ1n) is 9.17. The number of rotatable bonds is 4. The third-order valence-electron chi connectivity index (χ3n) is 5.16. The normalized spacial score (nSPS) is 16.0. The maximum absolute atomic E-state index is 12.7. The maximum Gasteiger partial charge on any atom is 0.253 e. The molecule has 0 radical (unpaired) electrons. The number of benzene rings is 1. The van der Waals surface area contributed by atoms with Gasteiger partial charge in [0.25, 0.3) is 5.91 Å². The summed E-state index contributed by atoms with van der Waals surface area (Å²) in [5, 5.41) is 2.87. The van der Waals surface area contributed by atoms with E-state index in [4.69, 9.17) is 21.3 Å². The number of carbonyl (C=O) groups is 1. The van der Waals surface area contributed by atoms with Gasteiger partial charge in [-0.2, -0.15) is 0 Å². The van der Waals surface area contributed by atoms with E-state index < -0.39 is 0 Å². The van der Waals surface area contributed by atoms with Crippen LogP contribution in [0.25, 0.3) is 5.65 Å². The van der Waals surface area contributed by atoms with Crippen LogP contribution in [-0.2, 0) is 6.42 Å². The molecule has 3 aromatic rings. The van der Waals surface area contributed by atoms with Crippen molar-refractivity contribution < 1.29 is 9.53 Å². The summed E-state index contributed by atoms with van der Waals surface area (Å²) in [6, 6.07) is 10.2. The van der Waals surface area contributed by atoms with Gasteiger partial charge in [0.2, 0.25) is 0 Å². The number of nitrogens with zero attached hydrogens (tertiary/aromatic N) is 2. The first kappa shape index (κ1) is 17.9. The van der Waals surface area contributed by atoms with Crippen molar-refractivity contribution in [1.82, 2.24) is 14.7 Å². The van der Waals surface area contributed by atoms with Crippen LogP contribution in [0.5, 0.6) is 5.75 Å². The fraction of sp³-hybridized carbons (Fsp3) is 0.333.